The Morgan fingerprint density at radius 3 is 2.38 bits per heavy atom. The van der Waals surface area contributed by atoms with Gasteiger partial charge in [0.25, 0.3) is 0 Å². The second-order valence-corrected chi connectivity index (χ2v) is 8.18. The Kier molecular flexibility index (Phi) is 5.01. The van der Waals surface area contributed by atoms with E-state index in [4.69, 9.17) is 12.2 Å². The van der Waals surface area contributed by atoms with Crippen LogP contribution in [-0.2, 0) is 16.8 Å². The molecule has 0 saturated heterocycles. The molecule has 0 saturated carbocycles. The first kappa shape index (κ1) is 18.4. The first-order valence-electron chi connectivity index (χ1n) is 8.83. The van der Waals surface area contributed by atoms with Gasteiger partial charge >= 0.3 is 0 Å². The third-order valence-corrected chi connectivity index (χ3v) is 4.92. The molecule has 3 rings (SSSR count). The van der Waals surface area contributed by atoms with E-state index in [1.807, 2.05) is 25.1 Å². The maximum Gasteiger partial charge on any atom is 0.227 e. The lowest BCUT2D eigenvalue weighted by Gasteiger charge is -2.19. The monoisotopic (exact) mass is 367 g/mol. The molecule has 0 aliphatic carbocycles. The third-order valence-electron chi connectivity index (χ3n) is 4.72. The Bertz CT molecular complexity index is 977. The maximum absolute atomic E-state index is 12.5. The number of nitrogens with one attached hydrogen (secondary N) is 3. The highest BCUT2D eigenvalue weighted by molar-refractivity contribution is 7.71. The summed E-state index contributed by atoms with van der Waals surface area (Å²) in [6.45, 7) is 9.03. The molecule has 0 radical (unpaired) electrons. The fraction of sp³-hybridized carbons (Fsp3) is 0.333. The number of fused-ring (bicyclic) bond motifs is 1. The predicted molar refractivity (Wildman–Crippen MR) is 109 cm³/mol. The Morgan fingerprint density at radius 2 is 1.73 bits per heavy atom. The van der Waals surface area contributed by atoms with Gasteiger partial charge in [-0.3, -0.25) is 4.79 Å². The van der Waals surface area contributed by atoms with Crippen LogP contribution in [0.1, 0.15) is 50.3 Å². The number of hydrogen-bond donors (Lipinski definition) is 3. The van der Waals surface area contributed by atoms with Gasteiger partial charge in [0.15, 0.2) is 4.77 Å². The summed E-state index contributed by atoms with van der Waals surface area (Å²) in [7, 11) is 0. The average Bonchev–Trinajstić information content (AvgIpc) is 2.97. The van der Waals surface area contributed by atoms with Gasteiger partial charge in [0, 0.05) is 6.54 Å². The zero-order valence-corrected chi connectivity index (χ0v) is 16.5. The molecule has 0 aliphatic heterocycles. The van der Waals surface area contributed by atoms with Crippen molar-refractivity contribution in [2.45, 2.75) is 45.6 Å². The molecule has 4 nitrogen and oxygen atoms in total. The highest BCUT2D eigenvalue weighted by Gasteiger charge is 2.16. The molecule has 2 aromatic carbocycles. The highest BCUT2D eigenvalue weighted by Crippen LogP contribution is 2.23. The molecule has 0 fully saturated rings. The van der Waals surface area contributed by atoms with Gasteiger partial charge in [-0.15, -0.1) is 0 Å². The lowest BCUT2D eigenvalue weighted by Crippen LogP contribution is -2.27. The number of carbonyl (C=O) groups is 1. The zero-order valence-electron chi connectivity index (χ0n) is 15.6. The summed E-state index contributed by atoms with van der Waals surface area (Å²) in [6.07, 6.45) is 0. The van der Waals surface area contributed by atoms with Crippen LogP contribution in [0.2, 0.25) is 0 Å². The average molecular weight is 368 g/mol. The summed E-state index contributed by atoms with van der Waals surface area (Å²) in [5.41, 5.74) is 5.36. The molecule has 3 aromatic rings. The van der Waals surface area contributed by atoms with Crippen LogP contribution in [0.15, 0.2) is 42.5 Å². The van der Waals surface area contributed by atoms with Crippen molar-refractivity contribution in [1.82, 2.24) is 15.3 Å². The van der Waals surface area contributed by atoms with Crippen LogP contribution in [0.5, 0.6) is 0 Å². The highest BCUT2D eigenvalue weighted by atomic mass is 32.1. The first-order valence-corrected chi connectivity index (χ1v) is 9.24. The second kappa shape index (κ2) is 7.08. The summed E-state index contributed by atoms with van der Waals surface area (Å²) < 4.78 is 0.591. The molecule has 26 heavy (non-hydrogen) atoms. The van der Waals surface area contributed by atoms with Crippen LogP contribution in [-0.4, -0.2) is 15.9 Å². The molecule has 1 heterocycles. The molecule has 1 unspecified atom stereocenters. The number of carbonyl (C=O) groups excluding carboxylic acids is 1. The minimum atomic E-state index is -0.231. The molecule has 1 atom stereocenters. The number of rotatable bonds is 4. The molecular formula is C21H25N3OS. The van der Waals surface area contributed by atoms with Gasteiger partial charge in [-0.2, -0.15) is 0 Å². The van der Waals surface area contributed by atoms with E-state index >= 15 is 0 Å². The van der Waals surface area contributed by atoms with Crippen LogP contribution in [0, 0.1) is 4.77 Å². The third kappa shape index (κ3) is 4.05. The Hall–Kier alpha value is -2.40. The summed E-state index contributed by atoms with van der Waals surface area (Å²) in [6, 6.07) is 14.3. The van der Waals surface area contributed by atoms with Crippen LogP contribution < -0.4 is 5.32 Å². The van der Waals surface area contributed by atoms with Crippen LogP contribution in [0.3, 0.4) is 0 Å². The SMILES string of the molecule is CC(C(=O)NCc1ccc(C(C)(C)C)cc1)c1ccc2[nH]c(=S)[nH]c2c1. The van der Waals surface area contributed by atoms with Gasteiger partial charge in [-0.1, -0.05) is 51.1 Å². The minimum Gasteiger partial charge on any atom is -0.352 e. The van der Waals surface area contributed by atoms with E-state index in [9.17, 15) is 4.79 Å². The Balaban J connectivity index is 1.65. The lowest BCUT2D eigenvalue weighted by molar-refractivity contribution is -0.122. The smallest absolute Gasteiger partial charge is 0.227 e. The van der Waals surface area contributed by atoms with Crippen LogP contribution in [0.25, 0.3) is 11.0 Å². The summed E-state index contributed by atoms with van der Waals surface area (Å²) in [5, 5.41) is 3.03. The van der Waals surface area contributed by atoms with E-state index in [2.05, 4.69) is 60.3 Å². The van der Waals surface area contributed by atoms with E-state index in [1.54, 1.807) is 0 Å². The van der Waals surface area contributed by atoms with Gasteiger partial charge in [0.05, 0.1) is 17.0 Å². The summed E-state index contributed by atoms with van der Waals surface area (Å²) in [4.78, 5) is 18.7. The molecule has 0 spiro atoms. The van der Waals surface area contributed by atoms with Gasteiger partial charge in [-0.25, -0.2) is 0 Å². The maximum atomic E-state index is 12.5. The van der Waals surface area contributed by atoms with Gasteiger partial charge in [-0.05, 0) is 53.4 Å². The van der Waals surface area contributed by atoms with Gasteiger partial charge in [0.1, 0.15) is 0 Å². The number of aromatic amines is 2. The lowest BCUT2D eigenvalue weighted by atomic mass is 9.87. The molecule has 3 N–H and O–H groups in total. The van der Waals surface area contributed by atoms with Gasteiger partial charge in [0.2, 0.25) is 5.91 Å². The van der Waals surface area contributed by atoms with Crippen molar-refractivity contribution in [1.29, 1.82) is 0 Å². The van der Waals surface area contributed by atoms with E-state index < -0.39 is 0 Å². The fourth-order valence-corrected chi connectivity index (χ4v) is 3.16. The van der Waals surface area contributed by atoms with Crippen LogP contribution in [0.4, 0.5) is 0 Å². The quantitative estimate of drug-likeness (QED) is 0.572. The molecular weight excluding hydrogens is 342 g/mol. The zero-order chi connectivity index (χ0) is 18.9. The van der Waals surface area contributed by atoms with Crippen molar-refractivity contribution in [3.05, 3.63) is 63.9 Å². The molecule has 0 aliphatic rings. The number of benzene rings is 2. The minimum absolute atomic E-state index is 0.0124. The van der Waals surface area contributed by atoms with E-state index in [0.29, 0.717) is 11.3 Å². The molecule has 1 amide bonds. The number of hydrogen-bond acceptors (Lipinski definition) is 2. The first-order chi connectivity index (χ1) is 12.2. The predicted octanol–water partition coefficient (Wildman–Crippen LogP) is 4.94. The largest absolute Gasteiger partial charge is 0.352 e. The standard InChI is InChI=1S/C21H25N3OS/c1-13(15-7-10-17-18(11-15)24-20(26)23-17)19(25)22-12-14-5-8-16(9-6-14)21(2,3)4/h5-11,13H,12H2,1-4H3,(H,22,25)(H2,23,24,26). The molecule has 0 bridgehead atoms. The normalized spacial score (nSPS) is 12.9. The van der Waals surface area contributed by atoms with Crippen molar-refractivity contribution < 1.29 is 4.79 Å². The number of imidazole rings is 1. The van der Waals surface area contributed by atoms with Crippen molar-refractivity contribution in [2.24, 2.45) is 0 Å². The number of H-pyrrole nitrogens is 2. The fourth-order valence-electron chi connectivity index (χ4n) is 2.94. The summed E-state index contributed by atoms with van der Waals surface area (Å²) >= 11 is 5.11. The number of amides is 1. The molecule has 1 aromatic heterocycles. The van der Waals surface area contributed by atoms with Crippen molar-refractivity contribution in [3.8, 4) is 0 Å². The molecule has 136 valence electrons. The van der Waals surface area contributed by atoms with Crippen molar-refractivity contribution >= 4 is 29.2 Å². The topological polar surface area (TPSA) is 60.7 Å². The van der Waals surface area contributed by atoms with Crippen molar-refractivity contribution in [3.63, 3.8) is 0 Å². The Morgan fingerprint density at radius 1 is 1.08 bits per heavy atom. The number of aromatic nitrogens is 2. The molecule has 5 heteroatoms. The van der Waals surface area contributed by atoms with E-state index in [1.165, 1.54) is 5.56 Å². The summed E-state index contributed by atoms with van der Waals surface area (Å²) in [5.74, 6) is -0.219. The van der Waals surface area contributed by atoms with Crippen LogP contribution >= 0.6 is 12.2 Å². The van der Waals surface area contributed by atoms with E-state index in [0.717, 1.165) is 22.2 Å². The van der Waals surface area contributed by atoms with E-state index in [-0.39, 0.29) is 17.2 Å². The second-order valence-electron chi connectivity index (χ2n) is 7.77. The van der Waals surface area contributed by atoms with Crippen molar-refractivity contribution in [2.75, 3.05) is 0 Å². The Labute approximate surface area is 159 Å². The van der Waals surface area contributed by atoms with Gasteiger partial charge < -0.3 is 15.3 Å².